The summed E-state index contributed by atoms with van der Waals surface area (Å²) in [6.45, 7) is 3.52. The van der Waals surface area contributed by atoms with E-state index < -0.39 is 5.97 Å². The Morgan fingerprint density at radius 1 is 1.37 bits per heavy atom. The number of aromatic carboxylic acids is 1. The van der Waals surface area contributed by atoms with E-state index in [1.54, 1.807) is 19.9 Å². The summed E-state index contributed by atoms with van der Waals surface area (Å²) in [4.78, 5) is 10.8. The lowest BCUT2D eigenvalue weighted by atomic mass is 10.0. The third-order valence-electron chi connectivity index (χ3n) is 2.98. The monoisotopic (exact) mass is 262 g/mol. The highest BCUT2D eigenvalue weighted by atomic mass is 16.5. The van der Waals surface area contributed by atoms with Gasteiger partial charge in [0.2, 0.25) is 0 Å². The first kappa shape index (κ1) is 12.9. The van der Waals surface area contributed by atoms with E-state index in [0.717, 1.165) is 5.56 Å². The smallest absolute Gasteiger partial charge is 0.353 e. The number of H-pyrrole nitrogens is 1. The molecule has 0 bridgehead atoms. The van der Waals surface area contributed by atoms with E-state index in [0.29, 0.717) is 22.6 Å². The lowest BCUT2D eigenvalue weighted by molar-refractivity contribution is 0.0690. The second kappa shape index (κ2) is 4.64. The molecule has 0 saturated carbocycles. The van der Waals surface area contributed by atoms with Crippen molar-refractivity contribution in [3.63, 3.8) is 0 Å². The lowest BCUT2D eigenvalue weighted by Crippen LogP contribution is -1.95. The van der Waals surface area contributed by atoms with Gasteiger partial charge in [0.25, 0.3) is 0 Å². The van der Waals surface area contributed by atoms with Crippen LogP contribution in [0.4, 0.5) is 0 Å². The first-order chi connectivity index (χ1) is 8.95. The highest BCUT2D eigenvalue weighted by Crippen LogP contribution is 2.39. The predicted molar refractivity (Wildman–Crippen MR) is 68.7 cm³/mol. The second-order valence-corrected chi connectivity index (χ2v) is 4.22. The number of nitrogens with zero attached hydrogens (tertiary/aromatic N) is 1. The summed E-state index contributed by atoms with van der Waals surface area (Å²) >= 11 is 0. The number of hydrogen-bond acceptors (Lipinski definition) is 4. The maximum absolute atomic E-state index is 10.8. The molecule has 6 nitrogen and oxygen atoms in total. The number of aromatic nitrogens is 2. The number of carbonyl (C=O) groups is 1. The van der Waals surface area contributed by atoms with Crippen LogP contribution in [-0.4, -0.2) is 33.5 Å². The Balaban J connectivity index is 2.61. The third kappa shape index (κ3) is 2.12. The molecule has 6 heteroatoms. The highest BCUT2D eigenvalue weighted by Gasteiger charge is 2.17. The number of carboxylic acid groups (broad SMARTS) is 1. The fourth-order valence-corrected chi connectivity index (χ4v) is 1.96. The maximum atomic E-state index is 10.8. The topological polar surface area (TPSA) is 95.4 Å². The summed E-state index contributed by atoms with van der Waals surface area (Å²) in [5, 5.41) is 25.2. The number of aromatic amines is 1. The van der Waals surface area contributed by atoms with E-state index >= 15 is 0 Å². The molecule has 100 valence electrons. The van der Waals surface area contributed by atoms with Crippen molar-refractivity contribution in [1.29, 1.82) is 0 Å². The maximum Gasteiger partial charge on any atom is 0.353 e. The molecule has 0 aliphatic carbocycles. The molecule has 0 aliphatic heterocycles. The molecule has 3 N–H and O–H groups in total. The van der Waals surface area contributed by atoms with Crippen LogP contribution in [0.3, 0.4) is 0 Å². The zero-order valence-electron chi connectivity index (χ0n) is 10.8. The van der Waals surface area contributed by atoms with Crippen LogP contribution in [0.15, 0.2) is 12.1 Å². The van der Waals surface area contributed by atoms with Gasteiger partial charge in [0.1, 0.15) is 5.69 Å². The van der Waals surface area contributed by atoms with Crippen molar-refractivity contribution in [1.82, 2.24) is 10.2 Å². The van der Waals surface area contributed by atoms with Crippen molar-refractivity contribution in [3.8, 4) is 22.8 Å². The Morgan fingerprint density at radius 3 is 2.58 bits per heavy atom. The van der Waals surface area contributed by atoms with E-state index in [1.165, 1.54) is 13.2 Å². The van der Waals surface area contributed by atoms with E-state index in [1.807, 2.05) is 0 Å². The van der Waals surface area contributed by atoms with Crippen molar-refractivity contribution < 1.29 is 19.7 Å². The van der Waals surface area contributed by atoms with Crippen molar-refractivity contribution in [2.75, 3.05) is 7.11 Å². The Labute approximate surface area is 109 Å². The van der Waals surface area contributed by atoms with Gasteiger partial charge >= 0.3 is 5.97 Å². The number of hydrogen-bond donors (Lipinski definition) is 3. The average Bonchev–Trinajstić information content (AvgIpc) is 2.84. The number of rotatable bonds is 3. The number of nitrogens with one attached hydrogen (secondary N) is 1. The number of aryl methyl sites for hydroxylation is 1. The van der Waals surface area contributed by atoms with Crippen molar-refractivity contribution >= 4 is 5.97 Å². The molecule has 2 rings (SSSR count). The SMILES string of the molecule is COc1c(C)c(-c2cc(C(=O)O)[nH]n2)cc(C)c1O. The van der Waals surface area contributed by atoms with Gasteiger partial charge in [-0.3, -0.25) is 5.10 Å². The van der Waals surface area contributed by atoms with Crippen molar-refractivity contribution in [2.24, 2.45) is 0 Å². The molecule has 0 amide bonds. The van der Waals surface area contributed by atoms with Gasteiger partial charge in [-0.15, -0.1) is 0 Å². The first-order valence-corrected chi connectivity index (χ1v) is 5.62. The zero-order chi connectivity index (χ0) is 14.2. The van der Waals surface area contributed by atoms with Gasteiger partial charge in [-0.1, -0.05) is 0 Å². The third-order valence-corrected chi connectivity index (χ3v) is 2.98. The number of methoxy groups -OCH3 is 1. The minimum absolute atomic E-state index is 0.0131. The molecule has 1 heterocycles. The van der Waals surface area contributed by atoms with E-state index in [4.69, 9.17) is 9.84 Å². The van der Waals surface area contributed by atoms with Gasteiger partial charge in [0, 0.05) is 11.1 Å². The number of phenols is 1. The van der Waals surface area contributed by atoms with Gasteiger partial charge in [0.15, 0.2) is 11.5 Å². The number of ether oxygens (including phenoxy) is 1. The van der Waals surface area contributed by atoms with Crippen molar-refractivity contribution in [2.45, 2.75) is 13.8 Å². The zero-order valence-corrected chi connectivity index (χ0v) is 10.8. The Bertz CT molecular complexity index is 646. The molecule has 1 aromatic heterocycles. The minimum atomic E-state index is -1.07. The van der Waals surface area contributed by atoms with Gasteiger partial charge < -0.3 is 14.9 Å². The van der Waals surface area contributed by atoms with E-state index in [9.17, 15) is 9.90 Å². The molecule has 0 saturated heterocycles. The molecule has 2 aromatic rings. The molecule has 1 aromatic carbocycles. The van der Waals surface area contributed by atoms with Gasteiger partial charge in [-0.05, 0) is 31.5 Å². The quantitative estimate of drug-likeness (QED) is 0.787. The van der Waals surface area contributed by atoms with E-state index in [-0.39, 0.29) is 11.4 Å². The van der Waals surface area contributed by atoms with Crippen LogP contribution >= 0.6 is 0 Å². The summed E-state index contributed by atoms with van der Waals surface area (Å²) in [5.41, 5.74) is 2.57. The minimum Gasteiger partial charge on any atom is -0.504 e. The molecule has 0 aliphatic rings. The van der Waals surface area contributed by atoms with Crippen LogP contribution in [0.1, 0.15) is 21.6 Å². The molecule has 19 heavy (non-hydrogen) atoms. The average molecular weight is 262 g/mol. The molecule has 0 radical (unpaired) electrons. The summed E-state index contributed by atoms with van der Waals surface area (Å²) in [7, 11) is 1.47. The lowest BCUT2D eigenvalue weighted by Gasteiger charge is -2.13. The summed E-state index contributed by atoms with van der Waals surface area (Å²) in [6, 6.07) is 3.19. The van der Waals surface area contributed by atoms with Crippen LogP contribution in [0.25, 0.3) is 11.3 Å². The Kier molecular flexibility index (Phi) is 3.16. The fraction of sp³-hybridized carbons (Fsp3) is 0.231. The van der Waals surface area contributed by atoms with Crippen LogP contribution < -0.4 is 4.74 Å². The van der Waals surface area contributed by atoms with Gasteiger partial charge in [-0.25, -0.2) is 4.79 Å². The first-order valence-electron chi connectivity index (χ1n) is 5.62. The number of aromatic hydroxyl groups is 1. The van der Waals surface area contributed by atoms with Gasteiger partial charge in [-0.2, -0.15) is 5.10 Å². The van der Waals surface area contributed by atoms with Crippen LogP contribution in [0.5, 0.6) is 11.5 Å². The normalized spacial score (nSPS) is 10.5. The van der Waals surface area contributed by atoms with E-state index in [2.05, 4.69) is 10.2 Å². The molecular formula is C13H14N2O4. The van der Waals surface area contributed by atoms with Gasteiger partial charge in [0.05, 0.1) is 12.8 Å². The second-order valence-electron chi connectivity index (χ2n) is 4.22. The van der Waals surface area contributed by atoms with Crippen LogP contribution in [-0.2, 0) is 0 Å². The van der Waals surface area contributed by atoms with Crippen LogP contribution in [0, 0.1) is 13.8 Å². The fourth-order valence-electron chi connectivity index (χ4n) is 1.96. The summed E-state index contributed by atoms with van der Waals surface area (Å²) in [5.74, 6) is -0.619. The Hall–Kier alpha value is -2.50. The number of benzene rings is 1. The molecule has 0 unspecified atom stereocenters. The molecular weight excluding hydrogens is 248 g/mol. The molecule has 0 spiro atoms. The number of carboxylic acids is 1. The summed E-state index contributed by atoms with van der Waals surface area (Å²) < 4.78 is 5.17. The van der Waals surface area contributed by atoms with Crippen molar-refractivity contribution in [3.05, 3.63) is 29.0 Å². The molecule has 0 atom stereocenters. The van der Waals surface area contributed by atoms with Crippen LogP contribution in [0.2, 0.25) is 0 Å². The predicted octanol–water partition coefficient (Wildman–Crippen LogP) is 2.11. The summed E-state index contributed by atoms with van der Waals surface area (Å²) in [6.07, 6.45) is 0. The Morgan fingerprint density at radius 2 is 2.05 bits per heavy atom. The standard InChI is InChI=1S/C13H14N2O4/c1-6-4-8(7(2)12(19-3)11(6)16)9-5-10(13(17)18)15-14-9/h4-5,16H,1-3H3,(H,14,15)(H,17,18). The highest BCUT2D eigenvalue weighted by molar-refractivity contribution is 5.87. The molecule has 0 fully saturated rings. The largest absolute Gasteiger partial charge is 0.504 e. The number of phenolic OH excluding ortho intramolecular Hbond substituents is 1.